The molecule has 0 heterocycles. The van der Waals surface area contributed by atoms with Gasteiger partial charge in [0.1, 0.15) is 0 Å². The van der Waals surface area contributed by atoms with Crippen molar-refractivity contribution in [2.75, 3.05) is 6.67 Å². The van der Waals surface area contributed by atoms with Crippen LogP contribution in [0.5, 0.6) is 0 Å². The van der Waals surface area contributed by atoms with Crippen LogP contribution in [0.15, 0.2) is 11.7 Å². The second kappa shape index (κ2) is 6.77. The molecule has 0 aromatic rings. The van der Waals surface area contributed by atoms with Crippen molar-refractivity contribution in [3.8, 4) is 0 Å². The molecule has 0 aromatic heterocycles. The first-order valence-corrected chi connectivity index (χ1v) is 5.83. The quantitative estimate of drug-likeness (QED) is 0.395. The monoisotopic (exact) mass is 464 g/mol. The second-order valence-electron chi connectivity index (χ2n) is 4.84. The first-order chi connectivity index (χ1) is 11.9. The largest absolute Gasteiger partial charge is 0.460 e. The summed E-state index contributed by atoms with van der Waals surface area (Å²) in [6.07, 6.45) is -15.4. The Bertz CT molecular complexity index is 605. The van der Waals surface area contributed by atoms with Gasteiger partial charge in [0.05, 0.1) is 0 Å². The van der Waals surface area contributed by atoms with E-state index in [1.807, 2.05) is 0 Å². The highest BCUT2D eigenvalue weighted by Gasteiger charge is 2.88. The van der Waals surface area contributed by atoms with Crippen molar-refractivity contribution in [2.24, 2.45) is 0 Å². The SMILES string of the molecule is FCC(F)(F)C(F)(F)C(F)(F)C(F)(C(F)=C(F)C(F)(F)C(F)(F)F)C(F)(F)F. The van der Waals surface area contributed by atoms with Gasteiger partial charge in [-0.05, 0) is 0 Å². The topological polar surface area (TPSA) is 0 Å². The van der Waals surface area contributed by atoms with Crippen molar-refractivity contribution in [3.63, 3.8) is 0 Å². The van der Waals surface area contributed by atoms with E-state index < -0.39 is 60.0 Å². The van der Waals surface area contributed by atoms with E-state index in [4.69, 9.17) is 0 Å². The molecule has 0 rings (SSSR count). The smallest absolute Gasteiger partial charge is 0.244 e. The van der Waals surface area contributed by atoms with E-state index in [-0.39, 0.29) is 0 Å². The van der Waals surface area contributed by atoms with Crippen molar-refractivity contribution in [3.05, 3.63) is 11.7 Å². The third-order valence-electron chi connectivity index (χ3n) is 2.97. The Hall–Kier alpha value is -1.52. The zero-order chi connectivity index (χ0) is 23.4. The Balaban J connectivity index is 7.15. The highest BCUT2D eigenvalue weighted by molar-refractivity contribution is 5.29. The molecule has 0 N–H and O–H groups in total. The van der Waals surface area contributed by atoms with Crippen molar-refractivity contribution in [2.45, 2.75) is 41.7 Å². The minimum atomic E-state index is -8.32. The maximum absolute atomic E-state index is 13.6. The van der Waals surface area contributed by atoms with Gasteiger partial charge in [0.2, 0.25) is 5.83 Å². The molecule has 0 fully saturated rings. The molecule has 28 heavy (non-hydrogen) atoms. The molecule has 18 heteroatoms. The molecule has 0 saturated carbocycles. The van der Waals surface area contributed by atoms with Crippen molar-refractivity contribution in [1.29, 1.82) is 0 Å². The van der Waals surface area contributed by atoms with Crippen LogP contribution in [0.25, 0.3) is 0 Å². The van der Waals surface area contributed by atoms with Gasteiger partial charge in [-0.25, -0.2) is 17.6 Å². The molecule has 168 valence electrons. The zero-order valence-electron chi connectivity index (χ0n) is 12.0. The summed E-state index contributed by atoms with van der Waals surface area (Å²) >= 11 is 0. The lowest BCUT2D eigenvalue weighted by Crippen LogP contribution is -2.69. The van der Waals surface area contributed by atoms with Crippen molar-refractivity contribution >= 4 is 0 Å². The normalized spacial score (nSPS) is 18.6. The average molecular weight is 464 g/mol. The molecule has 0 bridgehead atoms. The molecular weight excluding hydrogens is 462 g/mol. The first kappa shape index (κ1) is 26.5. The summed E-state index contributed by atoms with van der Waals surface area (Å²) in [7, 11) is 0. The van der Waals surface area contributed by atoms with E-state index in [2.05, 4.69) is 0 Å². The predicted octanol–water partition coefficient (Wildman–Crippen LogP) is 6.48. The lowest BCUT2D eigenvalue weighted by Gasteiger charge is -2.40. The van der Waals surface area contributed by atoms with Gasteiger partial charge in [-0.2, -0.15) is 61.5 Å². The number of rotatable bonds is 6. The minimum Gasteiger partial charge on any atom is -0.244 e. The fourth-order valence-electron chi connectivity index (χ4n) is 1.38. The Morgan fingerprint density at radius 3 is 1.11 bits per heavy atom. The number of hydrogen-bond acceptors (Lipinski definition) is 0. The molecule has 1 unspecified atom stereocenters. The van der Waals surface area contributed by atoms with Gasteiger partial charge in [0, 0.05) is 0 Å². The van der Waals surface area contributed by atoms with E-state index in [1.165, 1.54) is 0 Å². The van der Waals surface area contributed by atoms with Crippen LogP contribution < -0.4 is 0 Å². The molecule has 1 atom stereocenters. The summed E-state index contributed by atoms with van der Waals surface area (Å²) in [6, 6.07) is 0. The van der Waals surface area contributed by atoms with E-state index in [0.29, 0.717) is 0 Å². The van der Waals surface area contributed by atoms with Crippen molar-refractivity contribution < 1.29 is 79.0 Å². The molecule has 0 spiro atoms. The van der Waals surface area contributed by atoms with Crippen LogP contribution >= 0.6 is 0 Å². The lowest BCUT2D eigenvalue weighted by atomic mass is 9.86. The highest BCUT2D eigenvalue weighted by Crippen LogP contribution is 2.61. The van der Waals surface area contributed by atoms with Gasteiger partial charge >= 0.3 is 41.7 Å². The molecule has 0 nitrogen and oxygen atoms in total. The van der Waals surface area contributed by atoms with Crippen LogP contribution in [0.1, 0.15) is 0 Å². The molecule has 0 radical (unpaired) electrons. The third kappa shape index (κ3) is 3.46. The van der Waals surface area contributed by atoms with E-state index in [0.717, 1.165) is 0 Å². The molecular formula is C10H2F18. The van der Waals surface area contributed by atoms with Crippen LogP contribution in [0.4, 0.5) is 79.0 Å². The maximum Gasteiger partial charge on any atom is 0.460 e. The van der Waals surface area contributed by atoms with E-state index in [1.54, 1.807) is 0 Å². The standard InChI is InChI=1S/C10H2F18/c11-1-4(14,15)7(19,20)8(21,22)5(16,9(23,24)25)2(12)3(13)6(17,18)10(26,27)28/h1H2. The fourth-order valence-corrected chi connectivity index (χ4v) is 1.38. The van der Waals surface area contributed by atoms with Gasteiger partial charge in [0.25, 0.3) is 0 Å². The van der Waals surface area contributed by atoms with Crippen LogP contribution in [-0.2, 0) is 0 Å². The number of hydrogen-bond donors (Lipinski definition) is 0. The average Bonchev–Trinajstić information content (AvgIpc) is 2.49. The number of allylic oxidation sites excluding steroid dienone is 2. The lowest BCUT2D eigenvalue weighted by molar-refractivity contribution is -0.384. The first-order valence-electron chi connectivity index (χ1n) is 5.83. The third-order valence-corrected chi connectivity index (χ3v) is 2.97. The molecule has 0 aliphatic rings. The summed E-state index contributed by atoms with van der Waals surface area (Å²) in [5, 5.41) is 0. The summed E-state index contributed by atoms with van der Waals surface area (Å²) < 4.78 is 227. The second-order valence-corrected chi connectivity index (χ2v) is 4.84. The summed E-state index contributed by atoms with van der Waals surface area (Å²) in [4.78, 5) is 0. The number of alkyl halides is 16. The molecule has 0 aliphatic carbocycles. The Morgan fingerprint density at radius 2 is 0.857 bits per heavy atom. The Kier molecular flexibility index (Phi) is 6.41. The van der Waals surface area contributed by atoms with Gasteiger partial charge in [-0.15, -0.1) is 0 Å². The molecule has 0 amide bonds. The molecule has 0 aromatic carbocycles. The van der Waals surface area contributed by atoms with Gasteiger partial charge in [-0.3, -0.25) is 0 Å². The maximum atomic E-state index is 13.6. The van der Waals surface area contributed by atoms with Gasteiger partial charge in [0.15, 0.2) is 12.5 Å². The van der Waals surface area contributed by atoms with Crippen LogP contribution in [0.3, 0.4) is 0 Å². The van der Waals surface area contributed by atoms with Crippen LogP contribution in [-0.4, -0.2) is 48.4 Å². The van der Waals surface area contributed by atoms with E-state index >= 15 is 0 Å². The minimum absolute atomic E-state index is 3.95. The fraction of sp³-hybridized carbons (Fsp3) is 0.800. The van der Waals surface area contributed by atoms with Crippen LogP contribution in [0.2, 0.25) is 0 Å². The Labute approximate surface area is 140 Å². The zero-order valence-corrected chi connectivity index (χ0v) is 12.0. The number of halogens is 18. The molecule has 0 saturated heterocycles. The van der Waals surface area contributed by atoms with Gasteiger partial charge in [-0.1, -0.05) is 0 Å². The summed E-state index contributed by atoms with van der Waals surface area (Å²) in [5.41, 5.74) is -8.19. The summed E-state index contributed by atoms with van der Waals surface area (Å²) in [5.74, 6) is -41.5. The summed E-state index contributed by atoms with van der Waals surface area (Å²) in [6.45, 7) is -3.95. The van der Waals surface area contributed by atoms with Crippen molar-refractivity contribution in [1.82, 2.24) is 0 Å². The predicted molar refractivity (Wildman–Crippen MR) is 51.0 cm³/mol. The molecule has 0 aliphatic heterocycles. The van der Waals surface area contributed by atoms with E-state index in [9.17, 15) is 79.0 Å². The van der Waals surface area contributed by atoms with Gasteiger partial charge < -0.3 is 0 Å². The Morgan fingerprint density at radius 1 is 0.500 bits per heavy atom. The van der Waals surface area contributed by atoms with Crippen LogP contribution in [0, 0.1) is 0 Å². The highest BCUT2D eigenvalue weighted by atomic mass is 19.4.